The van der Waals surface area contributed by atoms with Gasteiger partial charge in [-0.1, -0.05) is 0 Å². The molecule has 9 heteroatoms. The highest BCUT2D eigenvalue weighted by atomic mass is 35.5. The van der Waals surface area contributed by atoms with Crippen molar-refractivity contribution < 1.29 is 13.7 Å². The van der Waals surface area contributed by atoms with E-state index in [0.717, 1.165) is 12.1 Å². The highest BCUT2D eigenvalue weighted by molar-refractivity contribution is 6.16. The average molecular weight is 303 g/mol. The van der Waals surface area contributed by atoms with Gasteiger partial charge in [0, 0.05) is 12.6 Å². The first-order valence-corrected chi connectivity index (χ1v) is 6.15. The van der Waals surface area contributed by atoms with Crippen molar-refractivity contribution in [1.29, 1.82) is 0 Å². The van der Waals surface area contributed by atoms with Crippen molar-refractivity contribution in [3.05, 3.63) is 39.7 Å². The van der Waals surface area contributed by atoms with E-state index in [4.69, 9.17) is 11.6 Å². The Kier molecular flexibility index (Phi) is 3.93. The fraction of sp³-hybridized carbons (Fsp3) is 0.273. The van der Waals surface area contributed by atoms with Crippen LogP contribution in [0.1, 0.15) is 12.7 Å². The molecule has 20 heavy (non-hydrogen) atoms. The quantitative estimate of drug-likeness (QED) is 0.494. The number of aromatic nitrogens is 3. The van der Waals surface area contributed by atoms with Gasteiger partial charge in [0.15, 0.2) is 5.82 Å². The summed E-state index contributed by atoms with van der Waals surface area (Å²) in [6.07, 6.45) is 0. The molecule has 106 valence electrons. The van der Waals surface area contributed by atoms with E-state index in [0.29, 0.717) is 12.4 Å². The summed E-state index contributed by atoms with van der Waals surface area (Å²) < 4.78 is 29.3. The first-order valence-electron chi connectivity index (χ1n) is 5.62. The minimum Gasteiger partial charge on any atom is -0.310 e. The smallest absolute Gasteiger partial charge is 0.305 e. The summed E-state index contributed by atoms with van der Waals surface area (Å²) in [5, 5.41) is 18.1. The minimum absolute atomic E-state index is 0.0129. The van der Waals surface area contributed by atoms with Crippen molar-refractivity contribution in [1.82, 2.24) is 14.8 Å². The summed E-state index contributed by atoms with van der Waals surface area (Å²) in [4.78, 5) is 9.79. The minimum atomic E-state index is -1.28. The van der Waals surface area contributed by atoms with E-state index in [1.807, 2.05) is 0 Å². The lowest BCUT2D eigenvalue weighted by Gasteiger charge is -2.08. The molecule has 0 unspecified atom stereocenters. The maximum Gasteiger partial charge on any atom is 0.305 e. The Balaban J connectivity index is 2.72. The molecule has 0 atom stereocenters. The molecule has 0 saturated carbocycles. The van der Waals surface area contributed by atoms with E-state index in [2.05, 4.69) is 10.2 Å². The Labute approximate surface area is 117 Å². The summed E-state index contributed by atoms with van der Waals surface area (Å²) in [7, 11) is 0. The van der Waals surface area contributed by atoms with Crippen molar-refractivity contribution in [3.8, 4) is 11.4 Å². The van der Waals surface area contributed by atoms with Crippen molar-refractivity contribution in [2.75, 3.05) is 0 Å². The van der Waals surface area contributed by atoms with Gasteiger partial charge in [-0.3, -0.25) is 10.1 Å². The first-order chi connectivity index (χ1) is 9.51. The van der Waals surface area contributed by atoms with Crippen molar-refractivity contribution in [2.24, 2.45) is 0 Å². The summed E-state index contributed by atoms with van der Waals surface area (Å²) in [5.74, 6) is -2.01. The third-order valence-corrected chi connectivity index (χ3v) is 2.99. The van der Waals surface area contributed by atoms with Crippen LogP contribution in [0.2, 0.25) is 0 Å². The average Bonchev–Trinajstić information content (AvgIpc) is 2.81. The summed E-state index contributed by atoms with van der Waals surface area (Å²) in [6.45, 7) is 2.04. The molecule has 0 amide bonds. The van der Waals surface area contributed by atoms with E-state index in [1.54, 1.807) is 6.92 Å². The molecule has 6 nitrogen and oxygen atoms in total. The molecular weight excluding hydrogens is 294 g/mol. The first kappa shape index (κ1) is 14.3. The van der Waals surface area contributed by atoms with Crippen LogP contribution in [0, 0.1) is 21.7 Å². The SMILES string of the molecule is CCn1c(CCl)nnc1-c1c(F)ccc([N+](=O)[O-])c1F. The van der Waals surface area contributed by atoms with Crippen LogP contribution in [0.3, 0.4) is 0 Å². The fourth-order valence-electron chi connectivity index (χ4n) is 1.84. The van der Waals surface area contributed by atoms with Crippen molar-refractivity contribution in [3.63, 3.8) is 0 Å². The Bertz CT molecular complexity index is 675. The number of hydrogen-bond acceptors (Lipinski definition) is 4. The molecule has 0 spiro atoms. The third-order valence-electron chi connectivity index (χ3n) is 2.75. The van der Waals surface area contributed by atoms with Crippen LogP contribution in [0.25, 0.3) is 11.4 Å². The number of nitrogens with zero attached hydrogens (tertiary/aromatic N) is 4. The van der Waals surface area contributed by atoms with Crippen LogP contribution in [-0.4, -0.2) is 19.7 Å². The number of benzene rings is 1. The second kappa shape index (κ2) is 5.49. The molecule has 0 aliphatic carbocycles. The van der Waals surface area contributed by atoms with Gasteiger partial charge < -0.3 is 4.57 Å². The fourth-order valence-corrected chi connectivity index (χ4v) is 2.04. The molecule has 1 aromatic carbocycles. The maximum atomic E-state index is 14.1. The van der Waals surface area contributed by atoms with E-state index in [9.17, 15) is 18.9 Å². The van der Waals surface area contributed by atoms with E-state index in [1.165, 1.54) is 4.57 Å². The number of rotatable bonds is 4. The van der Waals surface area contributed by atoms with Crippen LogP contribution in [0.15, 0.2) is 12.1 Å². The van der Waals surface area contributed by atoms with Crippen LogP contribution in [0.4, 0.5) is 14.5 Å². The highest BCUT2D eigenvalue weighted by Gasteiger charge is 2.26. The zero-order valence-electron chi connectivity index (χ0n) is 10.3. The van der Waals surface area contributed by atoms with Gasteiger partial charge in [0.1, 0.15) is 11.6 Å². The summed E-state index contributed by atoms with van der Waals surface area (Å²) in [5.41, 5.74) is -1.40. The molecule has 0 aliphatic rings. The number of nitro groups is 1. The Morgan fingerprint density at radius 3 is 2.65 bits per heavy atom. The largest absolute Gasteiger partial charge is 0.310 e. The lowest BCUT2D eigenvalue weighted by atomic mass is 10.1. The molecule has 0 N–H and O–H groups in total. The molecule has 1 aromatic heterocycles. The second-order valence-electron chi connectivity index (χ2n) is 3.83. The zero-order valence-corrected chi connectivity index (χ0v) is 11.1. The van der Waals surface area contributed by atoms with Crippen molar-refractivity contribution >= 4 is 17.3 Å². The van der Waals surface area contributed by atoms with Gasteiger partial charge in [0.05, 0.1) is 16.4 Å². The highest BCUT2D eigenvalue weighted by Crippen LogP contribution is 2.31. The van der Waals surface area contributed by atoms with Crippen LogP contribution >= 0.6 is 11.6 Å². The van der Waals surface area contributed by atoms with Crippen LogP contribution < -0.4 is 0 Å². The van der Waals surface area contributed by atoms with Crippen molar-refractivity contribution in [2.45, 2.75) is 19.3 Å². The third kappa shape index (κ3) is 2.22. The molecule has 2 rings (SSSR count). The normalized spacial score (nSPS) is 10.8. The van der Waals surface area contributed by atoms with Gasteiger partial charge in [-0.2, -0.15) is 4.39 Å². The predicted octanol–water partition coefficient (Wildman–Crippen LogP) is 2.89. The number of hydrogen-bond donors (Lipinski definition) is 0. The lowest BCUT2D eigenvalue weighted by molar-refractivity contribution is -0.387. The Morgan fingerprint density at radius 1 is 1.40 bits per heavy atom. The topological polar surface area (TPSA) is 73.8 Å². The second-order valence-corrected chi connectivity index (χ2v) is 4.10. The maximum absolute atomic E-state index is 14.1. The number of alkyl halides is 1. The molecule has 0 saturated heterocycles. The predicted molar refractivity (Wildman–Crippen MR) is 67.3 cm³/mol. The molecule has 0 fully saturated rings. The van der Waals surface area contributed by atoms with Gasteiger partial charge in [-0.15, -0.1) is 21.8 Å². The summed E-state index contributed by atoms with van der Waals surface area (Å²) >= 11 is 5.65. The van der Waals surface area contributed by atoms with Gasteiger partial charge in [0.25, 0.3) is 0 Å². The molecule has 2 aromatic rings. The molecule has 0 bridgehead atoms. The standard InChI is InChI=1S/C11H9ClF2N4O2/c1-2-17-8(5-12)15-16-11(17)9-6(13)3-4-7(10(9)14)18(19)20/h3-4H,2,5H2,1H3. The molecular formula is C11H9ClF2N4O2. The molecule has 0 aliphatic heterocycles. The molecule has 0 radical (unpaired) electrons. The van der Waals surface area contributed by atoms with Crippen LogP contribution in [0.5, 0.6) is 0 Å². The van der Waals surface area contributed by atoms with Gasteiger partial charge in [-0.25, -0.2) is 4.39 Å². The Hall–Kier alpha value is -2.09. The molecule has 1 heterocycles. The zero-order chi connectivity index (χ0) is 14.9. The van der Waals surface area contributed by atoms with Gasteiger partial charge in [-0.05, 0) is 13.0 Å². The number of nitro benzene ring substituents is 1. The van der Waals surface area contributed by atoms with Crippen LogP contribution in [-0.2, 0) is 12.4 Å². The number of halogens is 3. The monoisotopic (exact) mass is 302 g/mol. The van der Waals surface area contributed by atoms with Gasteiger partial charge >= 0.3 is 5.69 Å². The van der Waals surface area contributed by atoms with Gasteiger partial charge in [0.2, 0.25) is 5.82 Å². The van der Waals surface area contributed by atoms with E-state index in [-0.39, 0.29) is 11.7 Å². The Morgan fingerprint density at radius 2 is 2.10 bits per heavy atom. The summed E-state index contributed by atoms with van der Waals surface area (Å²) in [6, 6.07) is 1.59. The van der Waals surface area contributed by atoms with E-state index < -0.39 is 27.8 Å². The lowest BCUT2D eigenvalue weighted by Crippen LogP contribution is -2.05. The van der Waals surface area contributed by atoms with E-state index >= 15 is 0 Å².